The van der Waals surface area contributed by atoms with E-state index < -0.39 is 0 Å². The third kappa shape index (κ3) is 2.17. The number of rotatable bonds is 1. The molecule has 2 rings (SSSR count). The van der Waals surface area contributed by atoms with Gasteiger partial charge in [-0.3, -0.25) is 4.79 Å². The third-order valence-electron chi connectivity index (χ3n) is 4.82. The first-order valence-electron chi connectivity index (χ1n) is 6.73. The number of carbonyl (C=O) groups excluding carboxylic acids is 1. The van der Waals surface area contributed by atoms with Crippen LogP contribution in [0.1, 0.15) is 58.3 Å². The Hall–Kier alpha value is -0.370. The van der Waals surface area contributed by atoms with E-state index in [-0.39, 0.29) is 5.41 Å². The SMILES string of the molecule is COC1CC[C@@H]2CCCCCC(=O)[C@]2(C)C1. The first kappa shape index (κ1) is 12.1. The van der Waals surface area contributed by atoms with Crippen LogP contribution in [-0.4, -0.2) is 19.0 Å². The minimum absolute atomic E-state index is 0.0840. The fourth-order valence-corrected chi connectivity index (χ4v) is 3.59. The zero-order chi connectivity index (χ0) is 11.6. The number of hydrogen-bond donors (Lipinski definition) is 0. The number of ketones is 1. The van der Waals surface area contributed by atoms with E-state index in [1.807, 2.05) is 0 Å². The van der Waals surface area contributed by atoms with Crippen molar-refractivity contribution < 1.29 is 9.53 Å². The van der Waals surface area contributed by atoms with Gasteiger partial charge in [0.1, 0.15) is 5.78 Å². The zero-order valence-corrected chi connectivity index (χ0v) is 10.6. The number of ether oxygens (including phenoxy) is 1. The molecular weight excluding hydrogens is 200 g/mol. The molecule has 2 aliphatic carbocycles. The van der Waals surface area contributed by atoms with E-state index >= 15 is 0 Å². The summed E-state index contributed by atoms with van der Waals surface area (Å²) < 4.78 is 5.47. The van der Waals surface area contributed by atoms with Crippen molar-refractivity contribution in [2.75, 3.05) is 7.11 Å². The van der Waals surface area contributed by atoms with Gasteiger partial charge < -0.3 is 4.74 Å². The van der Waals surface area contributed by atoms with Gasteiger partial charge in [0.15, 0.2) is 0 Å². The first-order valence-corrected chi connectivity index (χ1v) is 6.73. The van der Waals surface area contributed by atoms with Gasteiger partial charge in [0, 0.05) is 18.9 Å². The maximum atomic E-state index is 12.3. The number of Topliss-reactive ketones (excluding diaryl/α,β-unsaturated/α-hetero) is 1. The summed E-state index contributed by atoms with van der Waals surface area (Å²) >= 11 is 0. The van der Waals surface area contributed by atoms with E-state index in [0.717, 1.165) is 25.7 Å². The Bertz CT molecular complexity index is 261. The number of fused-ring (bicyclic) bond motifs is 1. The summed E-state index contributed by atoms with van der Waals surface area (Å²) in [6.07, 6.45) is 9.28. The van der Waals surface area contributed by atoms with Crippen LogP contribution >= 0.6 is 0 Å². The Morgan fingerprint density at radius 3 is 2.75 bits per heavy atom. The standard InChI is InChI=1S/C14H24O2/c1-14-10-12(16-2)9-8-11(14)6-4-3-5-7-13(14)15/h11-12H,3-10H2,1-2H3/t11-,12?,14+/m0/s1. The summed E-state index contributed by atoms with van der Waals surface area (Å²) in [7, 11) is 1.78. The molecule has 0 aromatic heterocycles. The molecule has 92 valence electrons. The molecule has 1 unspecified atom stereocenters. The summed E-state index contributed by atoms with van der Waals surface area (Å²) in [4.78, 5) is 12.3. The van der Waals surface area contributed by atoms with Crippen LogP contribution in [0.4, 0.5) is 0 Å². The monoisotopic (exact) mass is 224 g/mol. The lowest BCUT2D eigenvalue weighted by molar-refractivity contribution is -0.138. The molecule has 0 aromatic carbocycles. The van der Waals surface area contributed by atoms with Crippen molar-refractivity contribution in [1.82, 2.24) is 0 Å². The second-order valence-electron chi connectivity index (χ2n) is 5.78. The molecule has 16 heavy (non-hydrogen) atoms. The van der Waals surface area contributed by atoms with Crippen molar-refractivity contribution in [2.24, 2.45) is 11.3 Å². The minimum atomic E-state index is -0.0840. The molecule has 0 saturated heterocycles. The molecule has 2 nitrogen and oxygen atoms in total. The van der Waals surface area contributed by atoms with Crippen LogP contribution in [0.3, 0.4) is 0 Å². The van der Waals surface area contributed by atoms with Gasteiger partial charge in [-0.05, 0) is 38.0 Å². The van der Waals surface area contributed by atoms with Gasteiger partial charge in [-0.1, -0.05) is 19.8 Å². The maximum absolute atomic E-state index is 12.3. The van der Waals surface area contributed by atoms with Crippen LogP contribution in [0.2, 0.25) is 0 Å². The molecule has 0 bridgehead atoms. The molecule has 0 aliphatic heterocycles. The fraction of sp³-hybridized carbons (Fsp3) is 0.929. The van der Waals surface area contributed by atoms with Crippen molar-refractivity contribution >= 4 is 5.78 Å². The van der Waals surface area contributed by atoms with Gasteiger partial charge in [-0.2, -0.15) is 0 Å². The Morgan fingerprint density at radius 2 is 2.00 bits per heavy atom. The Morgan fingerprint density at radius 1 is 1.19 bits per heavy atom. The molecule has 0 amide bonds. The van der Waals surface area contributed by atoms with Crippen LogP contribution in [0.5, 0.6) is 0 Å². The lowest BCUT2D eigenvalue weighted by atomic mass is 9.61. The predicted molar refractivity (Wildman–Crippen MR) is 64.3 cm³/mol. The van der Waals surface area contributed by atoms with E-state index in [9.17, 15) is 4.79 Å². The largest absolute Gasteiger partial charge is 0.381 e. The Kier molecular flexibility index (Phi) is 3.68. The van der Waals surface area contributed by atoms with Gasteiger partial charge in [0.05, 0.1) is 6.10 Å². The topological polar surface area (TPSA) is 26.3 Å². The van der Waals surface area contributed by atoms with E-state index in [1.54, 1.807) is 7.11 Å². The van der Waals surface area contributed by atoms with Gasteiger partial charge in [0.25, 0.3) is 0 Å². The van der Waals surface area contributed by atoms with Crippen molar-refractivity contribution in [3.8, 4) is 0 Å². The lowest BCUT2D eigenvalue weighted by Crippen LogP contribution is -2.44. The summed E-state index contributed by atoms with van der Waals surface area (Å²) in [5.74, 6) is 1.12. The molecule has 0 heterocycles. The highest BCUT2D eigenvalue weighted by Crippen LogP contribution is 2.47. The summed E-state index contributed by atoms with van der Waals surface area (Å²) in [5, 5.41) is 0. The molecule has 2 fully saturated rings. The number of carbonyl (C=O) groups is 1. The molecule has 0 N–H and O–H groups in total. The predicted octanol–water partition coefficient (Wildman–Crippen LogP) is 3.34. The van der Waals surface area contributed by atoms with E-state index in [4.69, 9.17) is 4.74 Å². The molecule has 2 heteroatoms. The lowest BCUT2D eigenvalue weighted by Gasteiger charge is -2.44. The molecule has 3 atom stereocenters. The smallest absolute Gasteiger partial charge is 0.139 e. The van der Waals surface area contributed by atoms with Crippen LogP contribution < -0.4 is 0 Å². The summed E-state index contributed by atoms with van der Waals surface area (Å²) in [5.41, 5.74) is -0.0840. The van der Waals surface area contributed by atoms with Crippen LogP contribution in [0.25, 0.3) is 0 Å². The van der Waals surface area contributed by atoms with Gasteiger partial charge in [-0.25, -0.2) is 0 Å². The minimum Gasteiger partial charge on any atom is -0.381 e. The molecular formula is C14H24O2. The summed E-state index contributed by atoms with van der Waals surface area (Å²) in [6, 6.07) is 0. The number of methoxy groups -OCH3 is 1. The quantitative estimate of drug-likeness (QED) is 0.683. The van der Waals surface area contributed by atoms with Crippen LogP contribution in [0, 0.1) is 11.3 Å². The average molecular weight is 224 g/mol. The van der Waals surface area contributed by atoms with E-state index in [1.165, 1.54) is 25.7 Å². The van der Waals surface area contributed by atoms with Crippen molar-refractivity contribution in [3.63, 3.8) is 0 Å². The molecule has 0 aromatic rings. The molecule has 2 aliphatic rings. The highest BCUT2D eigenvalue weighted by atomic mass is 16.5. The average Bonchev–Trinajstić information content (AvgIpc) is 2.28. The normalized spacial score (nSPS) is 41.0. The van der Waals surface area contributed by atoms with Gasteiger partial charge in [0.2, 0.25) is 0 Å². The zero-order valence-electron chi connectivity index (χ0n) is 10.6. The Balaban J connectivity index is 2.15. The number of hydrogen-bond acceptors (Lipinski definition) is 2. The van der Waals surface area contributed by atoms with E-state index in [2.05, 4.69) is 6.92 Å². The van der Waals surface area contributed by atoms with Gasteiger partial charge >= 0.3 is 0 Å². The highest BCUT2D eigenvalue weighted by Gasteiger charge is 2.45. The first-order chi connectivity index (χ1) is 7.66. The van der Waals surface area contributed by atoms with E-state index in [0.29, 0.717) is 17.8 Å². The van der Waals surface area contributed by atoms with Crippen molar-refractivity contribution in [3.05, 3.63) is 0 Å². The van der Waals surface area contributed by atoms with Crippen LogP contribution in [-0.2, 0) is 9.53 Å². The second kappa shape index (κ2) is 4.87. The molecule has 2 saturated carbocycles. The van der Waals surface area contributed by atoms with Crippen molar-refractivity contribution in [1.29, 1.82) is 0 Å². The highest BCUT2D eigenvalue weighted by molar-refractivity contribution is 5.85. The van der Waals surface area contributed by atoms with Crippen LogP contribution in [0.15, 0.2) is 0 Å². The molecule has 0 spiro atoms. The Labute approximate surface area is 98.7 Å². The second-order valence-corrected chi connectivity index (χ2v) is 5.78. The maximum Gasteiger partial charge on any atom is 0.139 e. The third-order valence-corrected chi connectivity index (χ3v) is 4.82. The van der Waals surface area contributed by atoms with Gasteiger partial charge in [-0.15, -0.1) is 0 Å². The van der Waals surface area contributed by atoms with Crippen molar-refractivity contribution in [2.45, 2.75) is 64.4 Å². The summed E-state index contributed by atoms with van der Waals surface area (Å²) in [6.45, 7) is 2.19. The molecule has 0 radical (unpaired) electrons. The fourth-order valence-electron chi connectivity index (χ4n) is 3.59.